The lowest BCUT2D eigenvalue weighted by molar-refractivity contribution is -0.146. The van der Waals surface area contributed by atoms with Crippen molar-refractivity contribution in [3.63, 3.8) is 0 Å². The van der Waals surface area contributed by atoms with E-state index in [0.717, 1.165) is 27.8 Å². The predicted octanol–water partition coefficient (Wildman–Crippen LogP) is 3.63. The first-order chi connectivity index (χ1) is 22.4. The summed E-state index contributed by atoms with van der Waals surface area (Å²) in [6, 6.07) is 24.1. The maximum atomic E-state index is 12.9. The Labute approximate surface area is 268 Å². The van der Waals surface area contributed by atoms with E-state index in [2.05, 4.69) is 28.1 Å². The summed E-state index contributed by atoms with van der Waals surface area (Å²) in [5.74, 6) is -2.12. The van der Waals surface area contributed by atoms with Gasteiger partial charge >= 0.3 is 12.1 Å². The number of alkyl carbamates (subject to hydrolysis) is 1. The third kappa shape index (κ3) is 8.39. The number of ether oxygens (including phenoxy) is 2. The first-order valence-corrected chi connectivity index (χ1v) is 15.6. The average molecular weight is 626 g/mol. The molecule has 1 aliphatic carbocycles. The lowest BCUT2D eigenvalue weighted by atomic mass is 9.98. The number of aliphatic hydroxyl groups excluding tert-OH is 1. The molecule has 10 nitrogen and oxygen atoms in total. The number of benzene rings is 3. The monoisotopic (exact) mass is 625 g/mol. The maximum absolute atomic E-state index is 12.9. The van der Waals surface area contributed by atoms with Gasteiger partial charge in [-0.15, -0.1) is 0 Å². The van der Waals surface area contributed by atoms with Gasteiger partial charge in [0.2, 0.25) is 11.8 Å². The van der Waals surface area contributed by atoms with E-state index in [0.29, 0.717) is 6.42 Å². The molecule has 5 rings (SSSR count). The van der Waals surface area contributed by atoms with E-state index < -0.39 is 30.1 Å². The quantitative estimate of drug-likeness (QED) is 0.210. The molecule has 0 saturated carbocycles. The summed E-state index contributed by atoms with van der Waals surface area (Å²) in [7, 11) is 0. The van der Waals surface area contributed by atoms with Crippen molar-refractivity contribution in [2.75, 3.05) is 26.4 Å². The van der Waals surface area contributed by atoms with Gasteiger partial charge in [-0.1, -0.05) is 91.0 Å². The van der Waals surface area contributed by atoms with Gasteiger partial charge in [0.05, 0.1) is 25.1 Å². The van der Waals surface area contributed by atoms with Gasteiger partial charge in [0.1, 0.15) is 19.3 Å². The van der Waals surface area contributed by atoms with Gasteiger partial charge in [0.25, 0.3) is 0 Å². The molecule has 10 heteroatoms. The van der Waals surface area contributed by atoms with E-state index in [4.69, 9.17) is 9.47 Å². The average Bonchev–Trinajstić information content (AvgIpc) is 3.39. The summed E-state index contributed by atoms with van der Waals surface area (Å²) in [5, 5.41) is 18.0. The number of allylic oxidation sites excluding steroid dienone is 1. The number of aliphatic hydroxyl groups is 1. The number of cyclic esters (lactones) is 1. The van der Waals surface area contributed by atoms with Crippen LogP contribution in [0.1, 0.15) is 41.9 Å². The second-order valence-electron chi connectivity index (χ2n) is 11.5. The molecule has 3 atom stereocenters. The Morgan fingerprint density at radius 1 is 0.913 bits per heavy atom. The minimum Gasteiger partial charge on any atom is -0.462 e. The molecule has 1 aliphatic heterocycles. The zero-order chi connectivity index (χ0) is 32.3. The Bertz CT molecular complexity index is 1510. The van der Waals surface area contributed by atoms with Crippen LogP contribution in [0.2, 0.25) is 0 Å². The smallest absolute Gasteiger partial charge is 0.407 e. The zero-order valence-electron chi connectivity index (χ0n) is 25.5. The van der Waals surface area contributed by atoms with Crippen LogP contribution in [0.25, 0.3) is 11.1 Å². The molecule has 0 bridgehead atoms. The Morgan fingerprint density at radius 3 is 2.26 bits per heavy atom. The van der Waals surface area contributed by atoms with Crippen molar-refractivity contribution in [2.24, 2.45) is 5.92 Å². The molecule has 0 fully saturated rings. The van der Waals surface area contributed by atoms with E-state index in [1.54, 1.807) is 12.2 Å². The van der Waals surface area contributed by atoms with E-state index in [9.17, 15) is 24.3 Å². The molecule has 0 spiro atoms. The van der Waals surface area contributed by atoms with Crippen LogP contribution in [-0.4, -0.2) is 67.4 Å². The minimum atomic E-state index is -0.993. The lowest BCUT2D eigenvalue weighted by Crippen LogP contribution is -2.44. The Balaban J connectivity index is 1.16. The zero-order valence-corrected chi connectivity index (χ0v) is 25.5. The molecule has 0 unspecified atom stereocenters. The standard InChI is InChI=1S/C36H39N3O7/c40-22-26(20-24-10-2-1-3-11-24)38-33(41)21-25-12-4-9-17-32(35(43)45-19-18-37-34(25)42)39-36(44)46-23-31-29-15-7-5-13-27(29)28-14-6-8-16-30(28)31/h1-11,13-16,25-26,31-32,40H,12,17-23H2,(H,37,42)(H,38,41)(H,39,44)/b9-4-/t25-,26+,32+/m0/s1. The Kier molecular flexibility index (Phi) is 11.2. The summed E-state index contributed by atoms with van der Waals surface area (Å²) < 4.78 is 10.9. The number of nitrogens with one attached hydrogen (secondary N) is 3. The summed E-state index contributed by atoms with van der Waals surface area (Å²) in [5.41, 5.74) is 5.37. The van der Waals surface area contributed by atoms with Crippen LogP contribution in [0.3, 0.4) is 0 Å². The van der Waals surface area contributed by atoms with Gasteiger partial charge in [-0.2, -0.15) is 0 Å². The number of rotatable bonds is 9. The number of carbonyl (C=O) groups excluding carboxylic acids is 4. The fourth-order valence-electron chi connectivity index (χ4n) is 5.91. The van der Waals surface area contributed by atoms with Crippen molar-refractivity contribution >= 4 is 23.9 Å². The maximum Gasteiger partial charge on any atom is 0.407 e. The van der Waals surface area contributed by atoms with Crippen molar-refractivity contribution in [3.8, 4) is 11.1 Å². The highest BCUT2D eigenvalue weighted by Gasteiger charge is 2.30. The fourth-order valence-corrected chi connectivity index (χ4v) is 5.91. The number of carbonyl (C=O) groups is 4. The summed E-state index contributed by atoms with van der Waals surface area (Å²) in [6.07, 6.45) is 3.41. The first-order valence-electron chi connectivity index (χ1n) is 15.6. The van der Waals surface area contributed by atoms with Crippen molar-refractivity contribution in [2.45, 2.75) is 43.7 Å². The number of esters is 1. The minimum absolute atomic E-state index is 0.0529. The molecule has 0 saturated heterocycles. The largest absolute Gasteiger partial charge is 0.462 e. The predicted molar refractivity (Wildman–Crippen MR) is 172 cm³/mol. The van der Waals surface area contributed by atoms with Crippen molar-refractivity contribution in [1.29, 1.82) is 0 Å². The van der Waals surface area contributed by atoms with Gasteiger partial charge in [-0.25, -0.2) is 9.59 Å². The van der Waals surface area contributed by atoms with Crippen LogP contribution in [-0.2, 0) is 30.3 Å². The van der Waals surface area contributed by atoms with Gasteiger partial charge in [0, 0.05) is 12.3 Å². The normalized spacial score (nSPS) is 19.6. The van der Waals surface area contributed by atoms with Crippen LogP contribution < -0.4 is 16.0 Å². The molecule has 4 N–H and O–H groups in total. The Hall–Kier alpha value is -4.96. The first kappa shape index (κ1) is 32.4. The summed E-state index contributed by atoms with van der Waals surface area (Å²) in [4.78, 5) is 51.4. The van der Waals surface area contributed by atoms with Crippen molar-refractivity contribution in [1.82, 2.24) is 16.0 Å². The Morgan fingerprint density at radius 2 is 1.57 bits per heavy atom. The molecule has 3 amide bonds. The van der Waals surface area contributed by atoms with Crippen LogP contribution in [0.4, 0.5) is 4.79 Å². The highest BCUT2D eigenvalue weighted by molar-refractivity contribution is 5.86. The summed E-state index contributed by atoms with van der Waals surface area (Å²) >= 11 is 0. The van der Waals surface area contributed by atoms with Gasteiger partial charge < -0.3 is 30.5 Å². The van der Waals surface area contributed by atoms with Crippen LogP contribution in [0.5, 0.6) is 0 Å². The second kappa shape index (κ2) is 15.9. The molecule has 0 aromatic heterocycles. The number of hydrogen-bond acceptors (Lipinski definition) is 7. The molecular weight excluding hydrogens is 586 g/mol. The second-order valence-corrected chi connectivity index (χ2v) is 11.5. The van der Waals surface area contributed by atoms with E-state index in [-0.39, 0.29) is 63.4 Å². The SMILES string of the molecule is O=C(C[C@@H]1C/C=C\C[C@@H](NC(=O)OCC2c3ccccc3-c3ccccc32)C(=O)OCCNC1=O)N[C@@H](CO)Cc1ccccc1. The molecule has 3 aromatic carbocycles. The van der Waals surface area contributed by atoms with Crippen molar-refractivity contribution < 1.29 is 33.8 Å². The molecule has 240 valence electrons. The van der Waals surface area contributed by atoms with Gasteiger partial charge in [-0.3, -0.25) is 9.59 Å². The van der Waals surface area contributed by atoms with Gasteiger partial charge in [0.15, 0.2) is 0 Å². The highest BCUT2D eigenvalue weighted by Crippen LogP contribution is 2.44. The highest BCUT2D eigenvalue weighted by atomic mass is 16.6. The molecule has 46 heavy (non-hydrogen) atoms. The third-order valence-corrected chi connectivity index (χ3v) is 8.24. The van der Waals surface area contributed by atoms with Gasteiger partial charge in [-0.05, 0) is 47.1 Å². The molecular formula is C36H39N3O7. The van der Waals surface area contributed by atoms with Crippen LogP contribution in [0.15, 0.2) is 91.0 Å². The van der Waals surface area contributed by atoms with Crippen LogP contribution in [0, 0.1) is 5.92 Å². The van der Waals surface area contributed by atoms with Crippen molar-refractivity contribution in [3.05, 3.63) is 108 Å². The number of amides is 3. The molecule has 0 radical (unpaired) electrons. The van der Waals surface area contributed by atoms with E-state index >= 15 is 0 Å². The van der Waals surface area contributed by atoms with E-state index in [1.165, 1.54) is 0 Å². The number of hydrogen-bond donors (Lipinski definition) is 4. The topological polar surface area (TPSA) is 143 Å². The fraction of sp³-hybridized carbons (Fsp3) is 0.333. The molecule has 2 aliphatic rings. The molecule has 1 heterocycles. The lowest BCUT2D eigenvalue weighted by Gasteiger charge is -2.21. The number of fused-ring (bicyclic) bond motifs is 3. The molecule has 3 aromatic rings. The summed E-state index contributed by atoms with van der Waals surface area (Å²) in [6.45, 7) is -0.173. The van der Waals surface area contributed by atoms with Crippen LogP contribution >= 0.6 is 0 Å². The third-order valence-electron chi connectivity index (χ3n) is 8.24. The van der Waals surface area contributed by atoms with E-state index in [1.807, 2.05) is 66.7 Å².